The van der Waals surface area contributed by atoms with Crippen LogP contribution in [0.15, 0.2) is 0 Å². The quantitative estimate of drug-likeness (QED) is 0.302. The monoisotopic (exact) mass is 172 g/mol. The molecule has 8 heavy (non-hydrogen) atoms. The Morgan fingerprint density at radius 2 is 1.88 bits per heavy atom. The Kier molecular flexibility index (Phi) is 2.85. The second kappa shape index (κ2) is 2.93. The number of rotatable bonds is 0. The Labute approximate surface area is 52.8 Å². The molecule has 0 fully saturated rings. The maximum absolute atomic E-state index is 9.71. The van der Waals surface area contributed by atoms with Gasteiger partial charge in [-0.1, -0.05) is 0 Å². The molecule has 0 N–H and O–H groups in total. The Morgan fingerprint density at radius 3 is 2.00 bits per heavy atom. The van der Waals surface area contributed by atoms with Gasteiger partial charge >= 0.3 is 52.3 Å². The van der Waals surface area contributed by atoms with Gasteiger partial charge in [0.1, 0.15) is 0 Å². The van der Waals surface area contributed by atoms with E-state index in [9.17, 15) is 4.79 Å². The molecular formula is C6H10GeO. The minimum atomic E-state index is -1.70. The molecule has 0 aliphatic rings. The summed E-state index contributed by atoms with van der Waals surface area (Å²) < 4.78 is 2.94. The molecule has 0 rings (SSSR count). The number of aldehydes is 1. The predicted molar refractivity (Wildman–Crippen MR) is 37.2 cm³/mol. The molecule has 0 atom stereocenters. The van der Waals surface area contributed by atoms with E-state index in [0.29, 0.717) is 6.29 Å². The predicted octanol–water partition coefficient (Wildman–Crippen LogP) is 1.07. The molecule has 0 unspecified atom stereocenters. The Bertz CT molecular complexity index is 133. The van der Waals surface area contributed by atoms with Crippen molar-refractivity contribution in [3.63, 3.8) is 0 Å². The molecule has 2 heteroatoms. The second-order valence-electron chi connectivity index (χ2n) is 2.64. The van der Waals surface area contributed by atoms with Gasteiger partial charge in [-0.25, -0.2) is 0 Å². The summed E-state index contributed by atoms with van der Waals surface area (Å²) in [6.45, 7) is 0. The summed E-state index contributed by atoms with van der Waals surface area (Å²) in [5.74, 6) is 8.89. The van der Waals surface area contributed by atoms with Crippen molar-refractivity contribution < 1.29 is 4.79 Å². The van der Waals surface area contributed by atoms with Crippen LogP contribution in [-0.2, 0) is 4.79 Å². The van der Waals surface area contributed by atoms with E-state index in [1.165, 1.54) is 0 Å². The van der Waals surface area contributed by atoms with Crippen molar-refractivity contribution in [2.24, 2.45) is 0 Å². The average molecular weight is 171 g/mol. The van der Waals surface area contributed by atoms with Crippen molar-refractivity contribution >= 4 is 19.6 Å². The summed E-state index contributed by atoms with van der Waals surface area (Å²) in [4.78, 5) is 9.71. The van der Waals surface area contributed by atoms with Crippen molar-refractivity contribution in [1.82, 2.24) is 0 Å². The van der Waals surface area contributed by atoms with E-state index >= 15 is 0 Å². The first-order valence-corrected chi connectivity index (χ1v) is 9.87. The van der Waals surface area contributed by atoms with Crippen molar-refractivity contribution in [2.75, 3.05) is 0 Å². The Hall–Kier alpha value is -0.227. The first-order valence-electron chi connectivity index (χ1n) is 2.52. The van der Waals surface area contributed by atoms with E-state index in [4.69, 9.17) is 0 Å². The van der Waals surface area contributed by atoms with Crippen LogP contribution in [0.2, 0.25) is 17.3 Å². The summed E-state index contributed by atoms with van der Waals surface area (Å²) in [7, 11) is 0. The Morgan fingerprint density at radius 1 is 1.38 bits per heavy atom. The van der Waals surface area contributed by atoms with Gasteiger partial charge in [-0.15, -0.1) is 0 Å². The number of hydrogen-bond acceptors (Lipinski definition) is 1. The van der Waals surface area contributed by atoms with E-state index in [1.54, 1.807) is 0 Å². The minimum absolute atomic E-state index is 0.663. The van der Waals surface area contributed by atoms with Gasteiger partial charge in [-0.3, -0.25) is 0 Å². The summed E-state index contributed by atoms with van der Waals surface area (Å²) in [6.07, 6.45) is 0.663. The number of carbonyl (C=O) groups is 1. The molecule has 0 aliphatic carbocycles. The molecule has 0 amide bonds. The van der Waals surface area contributed by atoms with Crippen molar-refractivity contribution in [3.05, 3.63) is 0 Å². The van der Waals surface area contributed by atoms with E-state index in [1.807, 2.05) is 0 Å². The van der Waals surface area contributed by atoms with Gasteiger partial charge in [-0.05, 0) is 0 Å². The fraction of sp³-hybridized carbons (Fsp3) is 0.500. The molecule has 0 aromatic rings. The first kappa shape index (κ1) is 7.77. The third-order valence-corrected chi connectivity index (χ3v) is 2.38. The van der Waals surface area contributed by atoms with Crippen molar-refractivity contribution in [1.29, 1.82) is 0 Å². The fourth-order valence-corrected chi connectivity index (χ4v) is 1.28. The molecule has 1 nitrogen and oxygen atoms in total. The normalized spacial score (nSPS) is 9.38. The molecule has 0 bridgehead atoms. The number of hydrogen-bond donors (Lipinski definition) is 0. The van der Waals surface area contributed by atoms with E-state index in [2.05, 4.69) is 27.9 Å². The van der Waals surface area contributed by atoms with Crippen LogP contribution in [0.4, 0.5) is 0 Å². The number of carbonyl (C=O) groups excluding carboxylic acids is 1. The summed E-state index contributed by atoms with van der Waals surface area (Å²) in [6, 6.07) is 0. The molecule has 0 heterocycles. The molecule has 0 aromatic carbocycles. The van der Waals surface area contributed by atoms with Gasteiger partial charge in [0.15, 0.2) is 0 Å². The van der Waals surface area contributed by atoms with Crippen LogP contribution in [-0.4, -0.2) is 19.6 Å². The van der Waals surface area contributed by atoms with Crippen LogP contribution < -0.4 is 0 Å². The average Bonchev–Trinajstić information content (AvgIpc) is 1.59. The molecule has 0 saturated heterocycles. The molecule has 0 spiro atoms. The third kappa shape index (κ3) is 5.77. The van der Waals surface area contributed by atoms with Gasteiger partial charge in [0.05, 0.1) is 0 Å². The van der Waals surface area contributed by atoms with E-state index in [0.717, 1.165) is 0 Å². The molecule has 0 aromatic heterocycles. The third-order valence-electron chi connectivity index (χ3n) is 0.506. The zero-order valence-corrected chi connectivity index (χ0v) is 7.58. The van der Waals surface area contributed by atoms with Gasteiger partial charge in [0.25, 0.3) is 0 Å². The van der Waals surface area contributed by atoms with Crippen LogP contribution in [0.25, 0.3) is 0 Å². The van der Waals surface area contributed by atoms with Crippen LogP contribution >= 0.6 is 0 Å². The van der Waals surface area contributed by atoms with Crippen LogP contribution in [0.1, 0.15) is 0 Å². The van der Waals surface area contributed by atoms with E-state index in [-0.39, 0.29) is 0 Å². The molecule has 0 aliphatic heterocycles. The van der Waals surface area contributed by atoms with E-state index < -0.39 is 13.3 Å². The molecular weight excluding hydrogens is 161 g/mol. The van der Waals surface area contributed by atoms with Gasteiger partial charge < -0.3 is 0 Å². The summed E-state index contributed by atoms with van der Waals surface area (Å²) in [5, 5.41) is 0. The molecule has 0 radical (unpaired) electrons. The summed E-state index contributed by atoms with van der Waals surface area (Å²) >= 11 is -1.70. The van der Waals surface area contributed by atoms with Crippen LogP contribution in [0, 0.1) is 10.7 Å². The fourth-order valence-electron chi connectivity index (χ4n) is 0.246. The van der Waals surface area contributed by atoms with Gasteiger partial charge in [0, 0.05) is 0 Å². The maximum atomic E-state index is 9.71. The molecule has 44 valence electrons. The first-order chi connectivity index (χ1) is 3.56. The Balaban J connectivity index is 3.87. The zero-order chi connectivity index (χ0) is 6.62. The zero-order valence-electron chi connectivity index (χ0n) is 5.49. The van der Waals surface area contributed by atoms with Crippen LogP contribution in [0.5, 0.6) is 0 Å². The summed E-state index contributed by atoms with van der Waals surface area (Å²) in [5.41, 5.74) is 0. The molecule has 0 saturated carbocycles. The van der Waals surface area contributed by atoms with Gasteiger partial charge in [-0.2, -0.15) is 0 Å². The topological polar surface area (TPSA) is 17.1 Å². The SMILES string of the molecule is [CH3][Ge]([CH3])([CH3])[C]#CC=O. The van der Waals surface area contributed by atoms with Gasteiger partial charge in [0.2, 0.25) is 0 Å². The van der Waals surface area contributed by atoms with Crippen molar-refractivity contribution in [3.8, 4) is 10.7 Å². The van der Waals surface area contributed by atoms with Crippen molar-refractivity contribution in [2.45, 2.75) is 17.3 Å². The van der Waals surface area contributed by atoms with Crippen LogP contribution in [0.3, 0.4) is 0 Å². The second-order valence-corrected chi connectivity index (χ2v) is 12.6. The standard InChI is InChI=1S/C6H10GeO/c1-7(2,3)5-4-6-8/h6H,1-3H3.